The van der Waals surface area contributed by atoms with Gasteiger partial charge in [-0.05, 0) is 44.3 Å². The second-order valence-electron chi connectivity index (χ2n) is 5.14. The first kappa shape index (κ1) is 14.4. The Kier molecular flexibility index (Phi) is 5.48. The molecule has 1 aliphatic rings. The highest BCUT2D eigenvalue weighted by atomic mass is 16.1. The van der Waals surface area contributed by atoms with Crippen molar-refractivity contribution >= 4 is 11.6 Å². The van der Waals surface area contributed by atoms with Gasteiger partial charge in [0.15, 0.2) is 11.6 Å². The van der Waals surface area contributed by atoms with E-state index >= 15 is 0 Å². The third kappa shape index (κ3) is 4.96. The number of hydrogen-bond donors (Lipinski definition) is 0. The maximum Gasteiger partial charge on any atom is 0.185 e. The van der Waals surface area contributed by atoms with Gasteiger partial charge < -0.3 is 0 Å². The fourth-order valence-corrected chi connectivity index (χ4v) is 1.95. The van der Waals surface area contributed by atoms with Gasteiger partial charge in [0.2, 0.25) is 0 Å². The lowest BCUT2D eigenvalue weighted by Gasteiger charge is -1.94. The summed E-state index contributed by atoms with van der Waals surface area (Å²) in [5.74, 6) is 0.638. The van der Waals surface area contributed by atoms with Gasteiger partial charge in [-0.1, -0.05) is 42.5 Å². The molecule has 2 heteroatoms. The number of rotatable bonds is 8. The molecule has 0 heterocycles. The Bertz CT molecular complexity index is 507. The lowest BCUT2D eigenvalue weighted by Crippen LogP contribution is -1.93. The summed E-state index contributed by atoms with van der Waals surface area (Å²) in [6, 6.07) is 9.26. The molecule has 0 aliphatic heterocycles. The average molecular weight is 268 g/mol. The highest BCUT2D eigenvalue weighted by Crippen LogP contribution is 2.30. The average Bonchev–Trinajstić information content (AvgIpc) is 3.31. The molecule has 0 aromatic heterocycles. The topological polar surface area (TPSA) is 34.1 Å². The molecule has 0 spiro atoms. The van der Waals surface area contributed by atoms with Gasteiger partial charge in [-0.15, -0.1) is 0 Å². The molecule has 0 bridgehead atoms. The molecule has 0 atom stereocenters. The molecule has 0 amide bonds. The van der Waals surface area contributed by atoms with E-state index in [4.69, 9.17) is 0 Å². The minimum Gasteiger partial charge on any atom is -0.295 e. The van der Waals surface area contributed by atoms with E-state index in [0.717, 1.165) is 37.7 Å². The lowest BCUT2D eigenvalue weighted by atomic mass is 10.1. The Labute approximate surface area is 120 Å². The van der Waals surface area contributed by atoms with E-state index in [9.17, 15) is 9.59 Å². The number of hydrogen-bond acceptors (Lipinski definition) is 2. The van der Waals surface area contributed by atoms with Gasteiger partial charge in [-0.2, -0.15) is 0 Å². The second-order valence-corrected chi connectivity index (χ2v) is 5.14. The summed E-state index contributed by atoms with van der Waals surface area (Å²) in [7, 11) is 0. The highest BCUT2D eigenvalue weighted by molar-refractivity contribution is 6.04. The number of benzene rings is 1. The van der Waals surface area contributed by atoms with Crippen molar-refractivity contribution in [1.82, 2.24) is 0 Å². The normalized spacial score (nSPS) is 15.0. The summed E-state index contributed by atoms with van der Waals surface area (Å²) in [6.07, 6.45) is 12.1. The molecule has 1 aliphatic carbocycles. The monoisotopic (exact) mass is 268 g/mol. The van der Waals surface area contributed by atoms with Gasteiger partial charge >= 0.3 is 0 Å². The lowest BCUT2D eigenvalue weighted by molar-refractivity contribution is -0.115. The molecule has 0 unspecified atom stereocenters. The maximum absolute atomic E-state index is 11.8. The molecule has 1 fully saturated rings. The van der Waals surface area contributed by atoms with Crippen LogP contribution < -0.4 is 0 Å². The van der Waals surface area contributed by atoms with E-state index in [2.05, 4.69) is 0 Å². The smallest absolute Gasteiger partial charge is 0.185 e. The van der Waals surface area contributed by atoms with Crippen molar-refractivity contribution in [1.29, 1.82) is 0 Å². The Morgan fingerprint density at radius 1 is 1.00 bits per heavy atom. The van der Waals surface area contributed by atoms with Crippen LogP contribution in [0.5, 0.6) is 0 Å². The van der Waals surface area contributed by atoms with Gasteiger partial charge in [0, 0.05) is 11.5 Å². The zero-order chi connectivity index (χ0) is 14.2. The molecule has 1 aromatic rings. The summed E-state index contributed by atoms with van der Waals surface area (Å²) in [5.41, 5.74) is 0.721. The highest BCUT2D eigenvalue weighted by Gasteiger charge is 2.27. The molecule has 0 N–H and O–H groups in total. The molecule has 0 radical (unpaired) electrons. The third-order valence-corrected chi connectivity index (χ3v) is 3.33. The summed E-state index contributed by atoms with van der Waals surface area (Å²) < 4.78 is 0. The SMILES string of the molecule is O=C(/C=C/CCC/C=C/C(=O)C1CC1)c1ccccc1. The number of ketones is 2. The van der Waals surface area contributed by atoms with Crippen LogP contribution in [0.4, 0.5) is 0 Å². The fourth-order valence-electron chi connectivity index (χ4n) is 1.95. The molecule has 1 aromatic carbocycles. The standard InChI is InChI=1S/C18H20O2/c19-17(15-9-5-4-6-10-15)11-7-2-1-3-8-12-18(20)16-13-14-16/h4-12,16H,1-3,13-14H2/b11-7+,12-8+. The van der Waals surface area contributed by atoms with Crippen LogP contribution in [0, 0.1) is 5.92 Å². The Morgan fingerprint density at radius 3 is 2.30 bits per heavy atom. The Morgan fingerprint density at radius 2 is 1.65 bits per heavy atom. The minimum atomic E-state index is 0.0463. The van der Waals surface area contributed by atoms with Crippen molar-refractivity contribution in [2.45, 2.75) is 32.1 Å². The molecule has 2 nitrogen and oxygen atoms in total. The van der Waals surface area contributed by atoms with Gasteiger partial charge in [0.25, 0.3) is 0 Å². The third-order valence-electron chi connectivity index (χ3n) is 3.33. The van der Waals surface area contributed by atoms with E-state index in [1.54, 1.807) is 12.2 Å². The summed E-state index contributed by atoms with van der Waals surface area (Å²) in [5, 5.41) is 0. The number of carbonyl (C=O) groups excluding carboxylic acids is 2. The van der Waals surface area contributed by atoms with Crippen molar-refractivity contribution < 1.29 is 9.59 Å². The number of allylic oxidation sites excluding steroid dienone is 4. The van der Waals surface area contributed by atoms with Crippen LogP contribution in [0.2, 0.25) is 0 Å². The van der Waals surface area contributed by atoms with E-state index in [1.807, 2.05) is 42.5 Å². The van der Waals surface area contributed by atoms with Crippen LogP contribution in [0.15, 0.2) is 54.6 Å². The van der Waals surface area contributed by atoms with Crippen molar-refractivity contribution in [3.8, 4) is 0 Å². The van der Waals surface area contributed by atoms with Crippen LogP contribution in [0.1, 0.15) is 42.5 Å². The Balaban J connectivity index is 1.61. The van der Waals surface area contributed by atoms with Crippen molar-refractivity contribution in [2.75, 3.05) is 0 Å². The quantitative estimate of drug-likeness (QED) is 0.403. The van der Waals surface area contributed by atoms with Gasteiger partial charge in [-0.25, -0.2) is 0 Å². The van der Waals surface area contributed by atoms with E-state index in [0.29, 0.717) is 5.92 Å². The molecule has 104 valence electrons. The summed E-state index contributed by atoms with van der Waals surface area (Å²) in [6.45, 7) is 0. The predicted molar refractivity (Wildman–Crippen MR) is 80.6 cm³/mol. The maximum atomic E-state index is 11.8. The minimum absolute atomic E-state index is 0.0463. The van der Waals surface area contributed by atoms with Crippen LogP contribution in [0.25, 0.3) is 0 Å². The van der Waals surface area contributed by atoms with Crippen molar-refractivity contribution in [3.05, 3.63) is 60.2 Å². The molecular weight excluding hydrogens is 248 g/mol. The van der Waals surface area contributed by atoms with E-state index in [1.165, 1.54) is 0 Å². The first-order valence-electron chi connectivity index (χ1n) is 7.23. The zero-order valence-electron chi connectivity index (χ0n) is 11.6. The Hall–Kier alpha value is -1.96. The van der Waals surface area contributed by atoms with Crippen LogP contribution in [-0.4, -0.2) is 11.6 Å². The largest absolute Gasteiger partial charge is 0.295 e. The van der Waals surface area contributed by atoms with Crippen LogP contribution in [-0.2, 0) is 4.79 Å². The molecule has 0 saturated heterocycles. The van der Waals surface area contributed by atoms with E-state index < -0.39 is 0 Å². The number of carbonyl (C=O) groups is 2. The zero-order valence-corrected chi connectivity index (χ0v) is 11.6. The first-order valence-corrected chi connectivity index (χ1v) is 7.23. The van der Waals surface area contributed by atoms with Crippen LogP contribution in [0.3, 0.4) is 0 Å². The predicted octanol–water partition coefficient (Wildman–Crippen LogP) is 4.13. The summed E-state index contributed by atoms with van der Waals surface area (Å²) >= 11 is 0. The van der Waals surface area contributed by atoms with Crippen molar-refractivity contribution in [3.63, 3.8) is 0 Å². The van der Waals surface area contributed by atoms with Crippen molar-refractivity contribution in [2.24, 2.45) is 5.92 Å². The van der Waals surface area contributed by atoms with Gasteiger partial charge in [0.1, 0.15) is 0 Å². The number of unbranched alkanes of at least 4 members (excludes halogenated alkanes) is 2. The first-order chi connectivity index (χ1) is 9.77. The molecule has 1 saturated carbocycles. The van der Waals surface area contributed by atoms with E-state index in [-0.39, 0.29) is 11.6 Å². The van der Waals surface area contributed by atoms with Gasteiger partial charge in [0.05, 0.1) is 0 Å². The second kappa shape index (κ2) is 7.59. The fraction of sp³-hybridized carbons (Fsp3) is 0.333. The van der Waals surface area contributed by atoms with Crippen LogP contribution >= 0.6 is 0 Å². The summed E-state index contributed by atoms with van der Waals surface area (Å²) in [4.78, 5) is 23.2. The van der Waals surface area contributed by atoms with Gasteiger partial charge in [-0.3, -0.25) is 9.59 Å². The molecule has 20 heavy (non-hydrogen) atoms. The molecule has 2 rings (SSSR count). The molecular formula is C18H20O2.